The van der Waals surface area contributed by atoms with Crippen molar-refractivity contribution in [2.75, 3.05) is 39.3 Å². The van der Waals surface area contributed by atoms with Crippen molar-refractivity contribution in [3.63, 3.8) is 0 Å². The van der Waals surface area contributed by atoms with Crippen molar-refractivity contribution in [1.29, 1.82) is 0 Å². The SMILES string of the molecule is CCOC(=O)C1=C(CN2CCN(C(=O)C3CCCC3)[C@H](C)C2)N(CC)C(=O)N[C@@H]1c1cccc(F)c1. The van der Waals surface area contributed by atoms with Gasteiger partial charge in [-0.2, -0.15) is 0 Å². The number of carbonyl (C=O) groups is 3. The number of halogens is 1. The van der Waals surface area contributed by atoms with Crippen LogP contribution in [-0.4, -0.2) is 78.0 Å². The number of ether oxygens (including phenoxy) is 1. The van der Waals surface area contributed by atoms with Crippen LogP contribution in [0, 0.1) is 11.7 Å². The lowest BCUT2D eigenvalue weighted by Crippen LogP contribution is -2.57. The third-order valence-corrected chi connectivity index (χ3v) is 7.50. The molecule has 2 atom stereocenters. The molecule has 9 heteroatoms. The molecule has 1 aliphatic carbocycles. The van der Waals surface area contributed by atoms with E-state index in [-0.39, 0.29) is 30.5 Å². The van der Waals surface area contributed by atoms with Crippen LogP contribution in [0.4, 0.5) is 9.18 Å². The quantitative estimate of drug-likeness (QED) is 0.580. The van der Waals surface area contributed by atoms with E-state index in [0.717, 1.165) is 25.7 Å². The van der Waals surface area contributed by atoms with Crippen LogP contribution in [0.2, 0.25) is 0 Å². The summed E-state index contributed by atoms with van der Waals surface area (Å²) in [6, 6.07) is 4.80. The molecule has 0 unspecified atom stereocenters. The van der Waals surface area contributed by atoms with E-state index < -0.39 is 17.8 Å². The predicted molar refractivity (Wildman–Crippen MR) is 133 cm³/mol. The zero-order valence-corrected chi connectivity index (χ0v) is 21.5. The van der Waals surface area contributed by atoms with E-state index in [0.29, 0.717) is 49.6 Å². The van der Waals surface area contributed by atoms with Gasteiger partial charge in [-0.15, -0.1) is 0 Å². The highest BCUT2D eigenvalue weighted by atomic mass is 19.1. The molecular weight excluding hydrogens is 463 g/mol. The Morgan fingerprint density at radius 1 is 1.17 bits per heavy atom. The van der Waals surface area contributed by atoms with Crippen molar-refractivity contribution in [1.82, 2.24) is 20.0 Å². The van der Waals surface area contributed by atoms with E-state index in [1.165, 1.54) is 12.1 Å². The molecule has 1 saturated carbocycles. The summed E-state index contributed by atoms with van der Waals surface area (Å²) in [6.07, 6.45) is 4.20. The molecule has 1 aromatic rings. The van der Waals surface area contributed by atoms with Gasteiger partial charge < -0.3 is 15.0 Å². The Morgan fingerprint density at radius 2 is 1.92 bits per heavy atom. The molecule has 8 nitrogen and oxygen atoms in total. The number of amides is 3. The fraction of sp³-hybridized carbons (Fsp3) is 0.593. The monoisotopic (exact) mass is 500 g/mol. The molecule has 0 bridgehead atoms. The van der Waals surface area contributed by atoms with Crippen LogP contribution in [0.1, 0.15) is 58.1 Å². The Hall–Kier alpha value is -2.94. The highest BCUT2D eigenvalue weighted by Crippen LogP contribution is 2.33. The van der Waals surface area contributed by atoms with Crippen LogP contribution in [0.3, 0.4) is 0 Å². The fourth-order valence-electron chi connectivity index (χ4n) is 5.72. The van der Waals surface area contributed by atoms with Crippen LogP contribution >= 0.6 is 0 Å². The first-order valence-electron chi connectivity index (χ1n) is 13.1. The number of carbonyl (C=O) groups excluding carboxylic acids is 3. The van der Waals surface area contributed by atoms with Crippen LogP contribution < -0.4 is 5.32 Å². The Bertz CT molecular complexity index is 1020. The molecule has 3 aliphatic rings. The maximum atomic E-state index is 14.1. The van der Waals surface area contributed by atoms with Gasteiger partial charge in [0.2, 0.25) is 5.91 Å². The number of esters is 1. The number of benzene rings is 1. The highest BCUT2D eigenvalue weighted by Gasteiger charge is 2.40. The largest absolute Gasteiger partial charge is 0.463 e. The van der Waals surface area contributed by atoms with Gasteiger partial charge in [0.15, 0.2) is 0 Å². The minimum Gasteiger partial charge on any atom is -0.463 e. The average molecular weight is 501 g/mol. The number of rotatable bonds is 7. The number of nitrogens with zero attached hydrogens (tertiary/aromatic N) is 3. The van der Waals surface area contributed by atoms with Gasteiger partial charge in [-0.3, -0.25) is 14.6 Å². The first-order valence-corrected chi connectivity index (χ1v) is 13.1. The van der Waals surface area contributed by atoms with E-state index in [4.69, 9.17) is 4.74 Å². The van der Waals surface area contributed by atoms with Crippen LogP contribution in [-0.2, 0) is 14.3 Å². The summed E-state index contributed by atoms with van der Waals surface area (Å²) < 4.78 is 19.5. The summed E-state index contributed by atoms with van der Waals surface area (Å²) in [5.74, 6) is -0.573. The Balaban J connectivity index is 1.62. The Morgan fingerprint density at radius 3 is 2.56 bits per heavy atom. The van der Waals surface area contributed by atoms with Crippen LogP contribution in [0.25, 0.3) is 0 Å². The van der Waals surface area contributed by atoms with Crippen molar-refractivity contribution in [3.05, 3.63) is 46.9 Å². The van der Waals surface area contributed by atoms with Gasteiger partial charge in [-0.05, 0) is 51.3 Å². The lowest BCUT2D eigenvalue weighted by molar-refractivity contribution is -0.140. The number of urea groups is 1. The van der Waals surface area contributed by atoms with E-state index in [2.05, 4.69) is 17.1 Å². The first-order chi connectivity index (χ1) is 17.3. The van der Waals surface area contributed by atoms with Gasteiger partial charge in [0.25, 0.3) is 0 Å². The van der Waals surface area contributed by atoms with Crippen molar-refractivity contribution in [3.8, 4) is 0 Å². The summed E-state index contributed by atoms with van der Waals surface area (Å²) in [7, 11) is 0. The van der Waals surface area contributed by atoms with Crippen molar-refractivity contribution < 1.29 is 23.5 Å². The molecule has 2 aliphatic heterocycles. The topological polar surface area (TPSA) is 82.2 Å². The molecule has 1 saturated heterocycles. The minimum atomic E-state index is -0.812. The molecule has 3 amide bonds. The smallest absolute Gasteiger partial charge is 0.338 e. The zero-order chi connectivity index (χ0) is 25.8. The highest BCUT2D eigenvalue weighted by molar-refractivity contribution is 5.95. The lowest BCUT2D eigenvalue weighted by Gasteiger charge is -2.43. The van der Waals surface area contributed by atoms with Gasteiger partial charge in [0.05, 0.1) is 18.2 Å². The number of likely N-dealkylation sites (N-methyl/N-ethyl adjacent to an activating group) is 1. The Kier molecular flexibility index (Phi) is 8.28. The molecule has 1 N–H and O–H groups in total. The van der Waals surface area contributed by atoms with Crippen LogP contribution in [0.5, 0.6) is 0 Å². The normalized spacial score (nSPS) is 23.7. The Labute approximate surface area is 212 Å². The third kappa shape index (κ3) is 5.40. The summed E-state index contributed by atoms with van der Waals surface area (Å²) in [6.45, 7) is 8.46. The van der Waals surface area contributed by atoms with Crippen molar-refractivity contribution >= 4 is 17.9 Å². The molecule has 4 rings (SSSR count). The van der Waals surface area contributed by atoms with Crippen LogP contribution in [0.15, 0.2) is 35.5 Å². The van der Waals surface area contributed by atoms with E-state index >= 15 is 0 Å². The zero-order valence-electron chi connectivity index (χ0n) is 21.5. The van der Waals surface area contributed by atoms with Crippen molar-refractivity contribution in [2.45, 2.75) is 58.5 Å². The number of hydrogen-bond donors (Lipinski definition) is 1. The summed E-state index contributed by atoms with van der Waals surface area (Å²) >= 11 is 0. The second-order valence-electron chi connectivity index (χ2n) is 9.86. The first kappa shape index (κ1) is 26.1. The maximum absolute atomic E-state index is 14.1. The van der Waals surface area contributed by atoms with E-state index in [1.54, 1.807) is 24.0 Å². The number of nitrogens with one attached hydrogen (secondary N) is 1. The van der Waals surface area contributed by atoms with Gasteiger partial charge >= 0.3 is 12.0 Å². The van der Waals surface area contributed by atoms with E-state index in [1.807, 2.05) is 11.8 Å². The lowest BCUT2D eigenvalue weighted by atomic mass is 9.94. The summed E-state index contributed by atoms with van der Waals surface area (Å²) in [5, 5.41) is 2.87. The fourth-order valence-corrected chi connectivity index (χ4v) is 5.72. The molecule has 2 fully saturated rings. The molecule has 0 spiro atoms. The third-order valence-electron chi connectivity index (χ3n) is 7.50. The standard InChI is InChI=1S/C27H37FN4O4/c1-4-31-22(17-30-13-14-32(18(3)16-30)25(33)19-9-6-7-10-19)23(26(34)36-5-2)24(29-27(31)35)20-11-8-12-21(28)15-20/h8,11-12,15,18-19,24H,4-7,9-10,13-14,16-17H2,1-3H3,(H,29,35)/t18-,24-/m1/s1. The summed E-state index contributed by atoms with van der Waals surface area (Å²) in [4.78, 5) is 45.1. The number of piperazine rings is 1. The molecule has 196 valence electrons. The van der Waals surface area contributed by atoms with Gasteiger partial charge in [-0.25, -0.2) is 14.0 Å². The molecule has 0 aromatic heterocycles. The second-order valence-corrected chi connectivity index (χ2v) is 9.86. The number of hydrogen-bond acceptors (Lipinski definition) is 5. The molecule has 1 aromatic carbocycles. The molecular formula is C27H37FN4O4. The second kappa shape index (κ2) is 11.4. The van der Waals surface area contributed by atoms with Gasteiger partial charge in [0, 0.05) is 50.4 Å². The van der Waals surface area contributed by atoms with Gasteiger partial charge in [0.1, 0.15) is 5.82 Å². The maximum Gasteiger partial charge on any atom is 0.338 e. The van der Waals surface area contributed by atoms with Gasteiger partial charge in [-0.1, -0.05) is 25.0 Å². The molecule has 2 heterocycles. The average Bonchev–Trinajstić information content (AvgIpc) is 3.39. The van der Waals surface area contributed by atoms with E-state index in [9.17, 15) is 18.8 Å². The summed E-state index contributed by atoms with van der Waals surface area (Å²) in [5.41, 5.74) is 1.37. The van der Waals surface area contributed by atoms with Crippen molar-refractivity contribution in [2.24, 2.45) is 5.92 Å². The predicted octanol–water partition coefficient (Wildman–Crippen LogP) is 3.45. The molecule has 36 heavy (non-hydrogen) atoms. The molecule has 0 radical (unpaired) electrons. The minimum absolute atomic E-state index is 0.0324.